The van der Waals surface area contributed by atoms with E-state index in [4.69, 9.17) is 5.73 Å². The average Bonchev–Trinajstić information content (AvgIpc) is 2.92. The van der Waals surface area contributed by atoms with Crippen molar-refractivity contribution in [3.05, 3.63) is 40.7 Å². The maximum atomic E-state index is 12.2. The van der Waals surface area contributed by atoms with Gasteiger partial charge in [0.2, 0.25) is 0 Å². The SMILES string of the molecule is C[C@@H](CN)Cc1nc2cc(-c3ccnnc3)sc2c(=O)[nH]1. The monoisotopic (exact) mass is 301 g/mol. The van der Waals surface area contributed by atoms with Crippen LogP contribution in [0.5, 0.6) is 0 Å². The Morgan fingerprint density at radius 2 is 2.29 bits per heavy atom. The molecule has 0 amide bonds. The molecular formula is C14H15N5OS. The molecule has 0 unspecified atom stereocenters. The molecule has 108 valence electrons. The minimum absolute atomic E-state index is 0.0995. The van der Waals surface area contributed by atoms with Crippen molar-refractivity contribution in [2.45, 2.75) is 13.3 Å². The van der Waals surface area contributed by atoms with Gasteiger partial charge in [0, 0.05) is 16.9 Å². The van der Waals surface area contributed by atoms with Crippen molar-refractivity contribution in [2.24, 2.45) is 11.7 Å². The Balaban J connectivity index is 2.05. The first-order chi connectivity index (χ1) is 10.2. The topological polar surface area (TPSA) is 97.5 Å². The predicted octanol–water partition coefficient (Wildman–Crippen LogP) is 1.58. The van der Waals surface area contributed by atoms with Crippen molar-refractivity contribution in [3.8, 4) is 10.4 Å². The van der Waals surface area contributed by atoms with E-state index in [9.17, 15) is 4.79 Å². The van der Waals surface area contributed by atoms with E-state index in [1.807, 2.05) is 19.1 Å². The van der Waals surface area contributed by atoms with Gasteiger partial charge in [0.15, 0.2) is 0 Å². The van der Waals surface area contributed by atoms with Crippen LogP contribution in [0.1, 0.15) is 12.7 Å². The van der Waals surface area contributed by atoms with Gasteiger partial charge in [-0.15, -0.1) is 11.3 Å². The minimum Gasteiger partial charge on any atom is -0.330 e. The zero-order valence-electron chi connectivity index (χ0n) is 11.5. The fourth-order valence-electron chi connectivity index (χ4n) is 2.08. The van der Waals surface area contributed by atoms with E-state index in [0.29, 0.717) is 23.5 Å². The van der Waals surface area contributed by atoms with Crippen LogP contribution in [0.2, 0.25) is 0 Å². The highest BCUT2D eigenvalue weighted by molar-refractivity contribution is 7.22. The van der Waals surface area contributed by atoms with Crippen LogP contribution in [0.3, 0.4) is 0 Å². The van der Waals surface area contributed by atoms with Crippen LogP contribution in [0.15, 0.2) is 29.3 Å². The van der Waals surface area contributed by atoms with Gasteiger partial charge in [-0.05, 0) is 24.6 Å². The van der Waals surface area contributed by atoms with Crippen LogP contribution >= 0.6 is 11.3 Å². The lowest BCUT2D eigenvalue weighted by Crippen LogP contribution is -2.17. The van der Waals surface area contributed by atoms with E-state index >= 15 is 0 Å². The van der Waals surface area contributed by atoms with E-state index < -0.39 is 0 Å². The molecule has 7 heteroatoms. The van der Waals surface area contributed by atoms with E-state index in [-0.39, 0.29) is 11.5 Å². The number of fused-ring (bicyclic) bond motifs is 1. The van der Waals surface area contributed by atoms with Crippen molar-refractivity contribution >= 4 is 21.6 Å². The van der Waals surface area contributed by atoms with Gasteiger partial charge in [-0.3, -0.25) is 4.79 Å². The third-order valence-electron chi connectivity index (χ3n) is 3.24. The second kappa shape index (κ2) is 5.71. The first kappa shape index (κ1) is 13.8. The van der Waals surface area contributed by atoms with Crippen molar-refractivity contribution in [1.29, 1.82) is 0 Å². The van der Waals surface area contributed by atoms with Gasteiger partial charge in [0.25, 0.3) is 5.56 Å². The average molecular weight is 301 g/mol. The molecule has 0 fully saturated rings. The van der Waals surface area contributed by atoms with Gasteiger partial charge in [-0.1, -0.05) is 6.92 Å². The quantitative estimate of drug-likeness (QED) is 0.762. The van der Waals surface area contributed by atoms with Crippen LogP contribution in [0.4, 0.5) is 0 Å². The molecular weight excluding hydrogens is 286 g/mol. The summed E-state index contributed by atoms with van der Waals surface area (Å²) in [6.07, 6.45) is 3.98. The van der Waals surface area contributed by atoms with E-state index in [1.165, 1.54) is 11.3 Å². The molecule has 0 aliphatic carbocycles. The number of rotatable bonds is 4. The fourth-order valence-corrected chi connectivity index (χ4v) is 3.06. The van der Waals surface area contributed by atoms with Gasteiger partial charge in [0.05, 0.1) is 17.9 Å². The standard InChI is InChI=1S/C14H15N5OS/c1-8(6-15)4-12-18-10-5-11(9-2-3-16-17-7-9)21-13(10)14(20)19-12/h2-3,5,7-8H,4,6,15H2,1H3,(H,18,19,20)/t8-/m1/s1. The highest BCUT2D eigenvalue weighted by atomic mass is 32.1. The van der Waals surface area contributed by atoms with Crippen molar-refractivity contribution < 1.29 is 0 Å². The molecule has 0 bridgehead atoms. The van der Waals surface area contributed by atoms with Crippen molar-refractivity contribution in [1.82, 2.24) is 20.2 Å². The van der Waals surface area contributed by atoms with Gasteiger partial charge >= 0.3 is 0 Å². The lowest BCUT2D eigenvalue weighted by Gasteiger charge is -2.06. The zero-order valence-corrected chi connectivity index (χ0v) is 12.4. The molecule has 21 heavy (non-hydrogen) atoms. The number of thiophene rings is 1. The van der Waals surface area contributed by atoms with Crippen molar-refractivity contribution in [3.63, 3.8) is 0 Å². The Morgan fingerprint density at radius 1 is 1.43 bits per heavy atom. The molecule has 3 aromatic heterocycles. The fraction of sp³-hybridized carbons (Fsp3) is 0.286. The summed E-state index contributed by atoms with van der Waals surface area (Å²) < 4.78 is 0.631. The van der Waals surface area contributed by atoms with E-state index in [1.54, 1.807) is 12.4 Å². The number of hydrogen-bond donors (Lipinski definition) is 2. The number of hydrogen-bond acceptors (Lipinski definition) is 6. The molecule has 1 atom stereocenters. The van der Waals surface area contributed by atoms with Gasteiger partial charge in [0.1, 0.15) is 10.5 Å². The molecule has 0 spiro atoms. The normalized spacial score (nSPS) is 12.7. The minimum atomic E-state index is -0.0995. The van der Waals surface area contributed by atoms with Gasteiger partial charge in [-0.2, -0.15) is 10.2 Å². The van der Waals surface area contributed by atoms with Crippen LogP contribution < -0.4 is 11.3 Å². The Bertz CT molecular complexity index is 811. The molecule has 0 saturated heterocycles. The second-order valence-corrected chi connectivity index (χ2v) is 6.07. The summed E-state index contributed by atoms with van der Waals surface area (Å²) in [5, 5.41) is 7.62. The summed E-state index contributed by atoms with van der Waals surface area (Å²) >= 11 is 1.41. The summed E-state index contributed by atoms with van der Waals surface area (Å²) in [6.45, 7) is 2.60. The Morgan fingerprint density at radius 3 is 3.00 bits per heavy atom. The largest absolute Gasteiger partial charge is 0.330 e. The Hall–Kier alpha value is -2.12. The lowest BCUT2D eigenvalue weighted by atomic mass is 10.1. The van der Waals surface area contributed by atoms with Crippen LogP contribution in [0.25, 0.3) is 20.7 Å². The molecule has 3 aromatic rings. The lowest BCUT2D eigenvalue weighted by molar-refractivity contribution is 0.574. The summed E-state index contributed by atoms with van der Waals surface area (Å²) in [6, 6.07) is 3.78. The van der Waals surface area contributed by atoms with E-state index in [0.717, 1.165) is 16.0 Å². The summed E-state index contributed by atoms with van der Waals surface area (Å²) in [4.78, 5) is 20.5. The van der Waals surface area contributed by atoms with E-state index in [2.05, 4.69) is 20.2 Å². The Kier molecular flexibility index (Phi) is 3.76. The summed E-state index contributed by atoms with van der Waals surface area (Å²) in [5.41, 5.74) is 7.17. The number of aromatic amines is 1. The van der Waals surface area contributed by atoms with Crippen molar-refractivity contribution in [2.75, 3.05) is 6.54 Å². The third kappa shape index (κ3) is 2.84. The molecule has 0 aliphatic heterocycles. The Labute approximate surface area is 125 Å². The van der Waals surface area contributed by atoms with Gasteiger partial charge < -0.3 is 10.7 Å². The third-order valence-corrected chi connectivity index (χ3v) is 4.42. The molecule has 3 rings (SSSR count). The number of H-pyrrole nitrogens is 1. The predicted molar refractivity (Wildman–Crippen MR) is 83.2 cm³/mol. The highest BCUT2D eigenvalue weighted by Gasteiger charge is 2.11. The first-order valence-corrected chi connectivity index (χ1v) is 7.49. The number of nitrogens with two attached hydrogens (primary N) is 1. The maximum Gasteiger partial charge on any atom is 0.268 e. The smallest absolute Gasteiger partial charge is 0.268 e. The highest BCUT2D eigenvalue weighted by Crippen LogP contribution is 2.30. The first-order valence-electron chi connectivity index (χ1n) is 6.67. The van der Waals surface area contributed by atoms with Gasteiger partial charge in [-0.25, -0.2) is 4.98 Å². The van der Waals surface area contributed by atoms with Crippen LogP contribution in [0, 0.1) is 5.92 Å². The molecule has 0 aliphatic rings. The number of aromatic nitrogens is 4. The molecule has 0 saturated carbocycles. The molecule has 0 radical (unpaired) electrons. The maximum absolute atomic E-state index is 12.2. The molecule has 3 heterocycles. The van der Waals surface area contributed by atoms with Crippen LogP contribution in [-0.2, 0) is 6.42 Å². The summed E-state index contributed by atoms with van der Waals surface area (Å²) in [5.74, 6) is 0.968. The second-order valence-electron chi connectivity index (χ2n) is 5.01. The molecule has 0 aromatic carbocycles. The number of nitrogens with one attached hydrogen (secondary N) is 1. The zero-order chi connectivity index (χ0) is 14.8. The number of nitrogens with zero attached hydrogens (tertiary/aromatic N) is 3. The van der Waals surface area contributed by atoms with Crippen LogP contribution in [-0.4, -0.2) is 26.7 Å². The molecule has 6 nitrogen and oxygen atoms in total. The molecule has 3 N–H and O–H groups in total. The summed E-state index contributed by atoms with van der Waals surface area (Å²) in [7, 11) is 0.